The van der Waals surface area contributed by atoms with Gasteiger partial charge in [0.2, 0.25) is 0 Å². The average molecular weight is 503 g/mol. The molecule has 1 spiro atoms. The van der Waals surface area contributed by atoms with Crippen LogP contribution in [0.3, 0.4) is 0 Å². The standard InChI is InChI=1S/C23H17F4N5O4/c24-17-8-13(3-5-19(33)30-36)2-4-14(17)12-31-21(35)32(20(34)22(31)6-1-7-22)15-9-16(23(25,26)27)18(10-28)29-11-15/h2-5,8-9,11,36H,1,6-7,12H2,(H,30,33)/b5-3+. The van der Waals surface area contributed by atoms with E-state index in [0.29, 0.717) is 17.4 Å². The van der Waals surface area contributed by atoms with Crippen LogP contribution in [0.15, 0.2) is 36.5 Å². The number of pyridine rings is 1. The van der Waals surface area contributed by atoms with Gasteiger partial charge >= 0.3 is 12.2 Å². The van der Waals surface area contributed by atoms with Gasteiger partial charge in [0, 0.05) is 11.6 Å². The Morgan fingerprint density at radius 1 is 1.28 bits per heavy atom. The number of alkyl halides is 3. The lowest BCUT2D eigenvalue weighted by molar-refractivity contribution is -0.138. The van der Waals surface area contributed by atoms with Crippen molar-refractivity contribution in [3.05, 3.63) is 64.7 Å². The Morgan fingerprint density at radius 3 is 2.56 bits per heavy atom. The summed E-state index contributed by atoms with van der Waals surface area (Å²) in [5, 5.41) is 17.5. The zero-order valence-electron chi connectivity index (χ0n) is 18.3. The monoisotopic (exact) mass is 503 g/mol. The minimum atomic E-state index is -4.94. The van der Waals surface area contributed by atoms with Gasteiger partial charge in [0.25, 0.3) is 11.8 Å². The van der Waals surface area contributed by atoms with Crippen molar-refractivity contribution in [1.82, 2.24) is 15.4 Å². The summed E-state index contributed by atoms with van der Waals surface area (Å²) in [4.78, 5) is 42.9. The first-order valence-corrected chi connectivity index (χ1v) is 10.6. The highest BCUT2D eigenvalue weighted by Crippen LogP contribution is 2.46. The van der Waals surface area contributed by atoms with Crippen molar-refractivity contribution in [2.24, 2.45) is 0 Å². The van der Waals surface area contributed by atoms with E-state index in [1.165, 1.54) is 29.8 Å². The Bertz CT molecular complexity index is 1330. The number of nitrogens with zero attached hydrogens (tertiary/aromatic N) is 4. The first kappa shape index (κ1) is 24.8. The van der Waals surface area contributed by atoms with Gasteiger partial charge in [-0.2, -0.15) is 18.4 Å². The number of carbonyl (C=O) groups is 3. The molecule has 4 rings (SSSR count). The van der Waals surface area contributed by atoms with Gasteiger partial charge in [0.05, 0.1) is 24.0 Å². The molecule has 13 heteroatoms. The molecule has 1 saturated heterocycles. The maximum Gasteiger partial charge on any atom is 0.419 e. The van der Waals surface area contributed by atoms with Gasteiger partial charge < -0.3 is 4.90 Å². The summed E-state index contributed by atoms with van der Waals surface area (Å²) in [5.74, 6) is -2.30. The number of nitriles is 1. The molecule has 0 radical (unpaired) electrons. The fraction of sp³-hybridized carbons (Fsp3) is 0.261. The molecule has 1 aromatic heterocycles. The summed E-state index contributed by atoms with van der Waals surface area (Å²) in [6, 6.07) is 4.83. The number of benzene rings is 1. The summed E-state index contributed by atoms with van der Waals surface area (Å²) in [7, 11) is 0. The third-order valence-electron chi connectivity index (χ3n) is 6.21. The number of imide groups is 1. The number of nitrogens with one attached hydrogen (secondary N) is 1. The maximum atomic E-state index is 14.8. The second-order valence-corrected chi connectivity index (χ2v) is 8.25. The molecule has 0 bridgehead atoms. The van der Waals surface area contributed by atoms with E-state index in [9.17, 15) is 31.9 Å². The number of anilines is 1. The largest absolute Gasteiger partial charge is 0.419 e. The lowest BCUT2D eigenvalue weighted by Crippen LogP contribution is -2.54. The second-order valence-electron chi connectivity index (χ2n) is 8.25. The van der Waals surface area contributed by atoms with Crippen LogP contribution in [0.25, 0.3) is 6.08 Å². The molecule has 2 aliphatic rings. The summed E-state index contributed by atoms with van der Waals surface area (Å²) in [5.41, 5.74) is -2.32. The number of hydrogen-bond donors (Lipinski definition) is 2. The van der Waals surface area contributed by atoms with Crippen LogP contribution in [0, 0.1) is 17.1 Å². The van der Waals surface area contributed by atoms with Gasteiger partial charge in [-0.3, -0.25) is 14.8 Å². The molecule has 9 nitrogen and oxygen atoms in total. The fourth-order valence-corrected chi connectivity index (χ4v) is 4.21. The van der Waals surface area contributed by atoms with E-state index < -0.39 is 52.3 Å². The first-order chi connectivity index (χ1) is 17.0. The average Bonchev–Trinajstić information content (AvgIpc) is 3.04. The van der Waals surface area contributed by atoms with Crippen LogP contribution in [-0.2, 0) is 22.3 Å². The number of aromatic nitrogens is 1. The van der Waals surface area contributed by atoms with Crippen LogP contribution in [0.5, 0.6) is 0 Å². The van der Waals surface area contributed by atoms with E-state index in [1.807, 2.05) is 0 Å². The van der Waals surface area contributed by atoms with Crippen LogP contribution in [0.1, 0.15) is 41.6 Å². The number of halogens is 4. The fourth-order valence-electron chi connectivity index (χ4n) is 4.21. The molecule has 1 aliphatic carbocycles. The quantitative estimate of drug-likeness (QED) is 0.211. The van der Waals surface area contributed by atoms with Crippen molar-refractivity contribution >= 4 is 29.6 Å². The maximum absolute atomic E-state index is 14.8. The SMILES string of the molecule is N#Cc1ncc(N2C(=O)N(Cc3ccc(/C=C/C(=O)NO)cc3F)C3(CCC3)C2=O)cc1C(F)(F)F. The number of urea groups is 1. The Labute approximate surface area is 201 Å². The van der Waals surface area contributed by atoms with E-state index in [0.717, 1.165) is 23.2 Å². The molecule has 1 aliphatic heterocycles. The van der Waals surface area contributed by atoms with E-state index in [1.54, 1.807) is 0 Å². The highest BCUT2D eigenvalue weighted by molar-refractivity contribution is 6.23. The summed E-state index contributed by atoms with van der Waals surface area (Å²) < 4.78 is 55.1. The molecule has 2 aromatic rings. The van der Waals surface area contributed by atoms with Crippen molar-refractivity contribution in [2.45, 2.75) is 37.5 Å². The minimum Gasteiger partial charge on any atom is -0.305 e. The third-order valence-corrected chi connectivity index (χ3v) is 6.21. The van der Waals surface area contributed by atoms with Gasteiger partial charge in [-0.1, -0.05) is 12.1 Å². The van der Waals surface area contributed by atoms with Crippen molar-refractivity contribution in [1.29, 1.82) is 5.26 Å². The van der Waals surface area contributed by atoms with E-state index in [2.05, 4.69) is 4.98 Å². The molecule has 1 aromatic carbocycles. The van der Waals surface area contributed by atoms with Crippen molar-refractivity contribution in [2.75, 3.05) is 4.90 Å². The number of carbonyl (C=O) groups excluding carboxylic acids is 3. The van der Waals surface area contributed by atoms with E-state index in [4.69, 9.17) is 10.5 Å². The van der Waals surface area contributed by atoms with Gasteiger partial charge in [-0.15, -0.1) is 0 Å². The van der Waals surface area contributed by atoms with Crippen molar-refractivity contribution < 1.29 is 37.2 Å². The Morgan fingerprint density at radius 2 is 2.00 bits per heavy atom. The summed E-state index contributed by atoms with van der Waals surface area (Å²) in [6.45, 7) is -0.330. The Balaban J connectivity index is 1.66. The van der Waals surface area contributed by atoms with Crippen LogP contribution >= 0.6 is 0 Å². The first-order valence-electron chi connectivity index (χ1n) is 10.6. The number of hydroxylamine groups is 1. The number of hydrogen-bond acceptors (Lipinski definition) is 6. The molecule has 4 amide bonds. The lowest BCUT2D eigenvalue weighted by Gasteiger charge is -2.42. The molecule has 2 fully saturated rings. The van der Waals surface area contributed by atoms with Gasteiger partial charge in [0.15, 0.2) is 5.69 Å². The topological polar surface area (TPSA) is 127 Å². The molecular weight excluding hydrogens is 486 g/mol. The highest BCUT2D eigenvalue weighted by atomic mass is 19.4. The molecule has 2 N–H and O–H groups in total. The minimum absolute atomic E-state index is 0.0435. The van der Waals surface area contributed by atoms with Gasteiger partial charge in [-0.25, -0.2) is 24.5 Å². The predicted octanol–water partition coefficient (Wildman–Crippen LogP) is 3.52. The van der Waals surface area contributed by atoms with Crippen LogP contribution < -0.4 is 10.4 Å². The zero-order chi connectivity index (χ0) is 26.3. The molecule has 0 atom stereocenters. The normalized spacial score (nSPS) is 17.0. The zero-order valence-corrected chi connectivity index (χ0v) is 18.3. The van der Waals surface area contributed by atoms with Crippen LogP contribution in [-0.4, -0.2) is 38.5 Å². The molecular formula is C23H17F4N5O4. The molecule has 1 saturated carbocycles. The summed E-state index contributed by atoms with van der Waals surface area (Å²) >= 11 is 0. The number of rotatable bonds is 5. The van der Waals surface area contributed by atoms with Crippen molar-refractivity contribution in [3.8, 4) is 6.07 Å². The predicted molar refractivity (Wildman–Crippen MR) is 114 cm³/mol. The highest BCUT2D eigenvalue weighted by Gasteiger charge is 2.61. The van der Waals surface area contributed by atoms with Crippen LogP contribution in [0.4, 0.5) is 28.0 Å². The Hall–Kier alpha value is -4.31. The third kappa shape index (κ3) is 4.16. The van der Waals surface area contributed by atoms with Crippen LogP contribution in [0.2, 0.25) is 0 Å². The van der Waals surface area contributed by atoms with Gasteiger partial charge in [-0.05, 0) is 43.0 Å². The number of amides is 4. The molecule has 2 heterocycles. The van der Waals surface area contributed by atoms with E-state index >= 15 is 0 Å². The smallest absolute Gasteiger partial charge is 0.305 e. The lowest BCUT2D eigenvalue weighted by atomic mass is 9.75. The van der Waals surface area contributed by atoms with E-state index in [-0.39, 0.29) is 30.5 Å². The Kier molecular flexibility index (Phi) is 6.23. The second kappa shape index (κ2) is 9.04. The van der Waals surface area contributed by atoms with Crippen molar-refractivity contribution in [3.63, 3.8) is 0 Å². The van der Waals surface area contributed by atoms with Gasteiger partial charge in [0.1, 0.15) is 17.4 Å². The molecule has 186 valence electrons. The summed E-state index contributed by atoms with van der Waals surface area (Å²) in [6.07, 6.45) is -0.783. The molecule has 36 heavy (non-hydrogen) atoms. The molecule has 0 unspecified atom stereocenters.